The lowest BCUT2D eigenvalue weighted by Crippen LogP contribution is -1.70. The molecule has 0 spiro atoms. The molecule has 0 aliphatic heterocycles. The highest BCUT2D eigenvalue weighted by molar-refractivity contribution is 4.89. The zero-order chi connectivity index (χ0) is 8.36. The Labute approximate surface area is 69.4 Å². The highest BCUT2D eigenvalue weighted by Crippen LogP contribution is 2.00. The van der Waals surface area contributed by atoms with Gasteiger partial charge < -0.3 is 0 Å². The van der Waals surface area contributed by atoms with E-state index in [1.165, 1.54) is 19.3 Å². The Bertz CT molecular complexity index is 114. The van der Waals surface area contributed by atoms with Crippen molar-refractivity contribution in [1.82, 2.24) is 0 Å². The average molecular weight is 153 g/mol. The molecule has 1 nitrogen and oxygen atoms in total. The number of hydrogen-bond acceptors (Lipinski definition) is 0. The summed E-state index contributed by atoms with van der Waals surface area (Å²) in [6, 6.07) is 0. The van der Waals surface area contributed by atoms with Gasteiger partial charge in [-0.1, -0.05) is 31.9 Å². The van der Waals surface area contributed by atoms with Crippen LogP contribution in [0.5, 0.6) is 0 Å². The Morgan fingerprint density at radius 3 is 2.55 bits per heavy atom. The van der Waals surface area contributed by atoms with Gasteiger partial charge in [0.2, 0.25) is 0 Å². The largest absolute Gasteiger partial charge is 0.299 e. The molecular formula is C10H17O. The molecular weight excluding hydrogens is 136 g/mol. The van der Waals surface area contributed by atoms with Crippen LogP contribution in [-0.4, -0.2) is 0 Å². The fourth-order valence-electron chi connectivity index (χ4n) is 0.860. The number of allylic oxidation sites excluding steroid dienone is 3. The average Bonchev–Trinajstić information content (AvgIpc) is 2.03. The minimum Gasteiger partial charge on any atom is -0.299 e. The lowest BCUT2D eigenvalue weighted by molar-refractivity contribution is 0.350. The van der Waals surface area contributed by atoms with E-state index in [1.54, 1.807) is 6.08 Å². The number of hydrogen-bond donors (Lipinski definition) is 0. The van der Waals surface area contributed by atoms with E-state index < -0.39 is 0 Å². The van der Waals surface area contributed by atoms with E-state index in [-0.39, 0.29) is 0 Å². The second kappa shape index (κ2) is 9.28. The van der Waals surface area contributed by atoms with Crippen molar-refractivity contribution >= 4 is 0 Å². The van der Waals surface area contributed by atoms with E-state index in [9.17, 15) is 5.11 Å². The molecule has 11 heavy (non-hydrogen) atoms. The molecule has 63 valence electrons. The Hall–Kier alpha value is -0.720. The molecule has 0 heterocycles. The maximum Gasteiger partial charge on any atom is 0.139 e. The summed E-state index contributed by atoms with van der Waals surface area (Å²) >= 11 is 0. The minimum absolute atomic E-state index is 0.787. The van der Waals surface area contributed by atoms with Crippen molar-refractivity contribution in [2.24, 2.45) is 0 Å². The highest BCUT2D eigenvalue weighted by Gasteiger charge is 1.80. The van der Waals surface area contributed by atoms with E-state index in [2.05, 4.69) is 13.0 Å². The zero-order valence-corrected chi connectivity index (χ0v) is 7.25. The van der Waals surface area contributed by atoms with Gasteiger partial charge in [0.1, 0.15) is 6.26 Å². The fraction of sp³-hybridized carbons (Fsp3) is 0.600. The van der Waals surface area contributed by atoms with Crippen molar-refractivity contribution in [3.8, 4) is 0 Å². The molecule has 0 atom stereocenters. The van der Waals surface area contributed by atoms with Crippen molar-refractivity contribution in [3.05, 3.63) is 24.5 Å². The Kier molecular flexibility index (Phi) is 8.67. The van der Waals surface area contributed by atoms with Crippen molar-refractivity contribution in [3.63, 3.8) is 0 Å². The Morgan fingerprint density at radius 2 is 1.91 bits per heavy atom. The van der Waals surface area contributed by atoms with Crippen LogP contribution in [0.25, 0.3) is 0 Å². The predicted molar refractivity (Wildman–Crippen MR) is 47.7 cm³/mol. The normalized spacial score (nSPS) is 11.7. The highest BCUT2D eigenvalue weighted by atomic mass is 16.2. The molecule has 0 unspecified atom stereocenters. The summed E-state index contributed by atoms with van der Waals surface area (Å²) in [4.78, 5) is 0. The first kappa shape index (κ1) is 10.3. The smallest absolute Gasteiger partial charge is 0.139 e. The molecule has 0 aromatic rings. The molecule has 0 saturated carbocycles. The molecule has 0 aliphatic rings. The number of unbranched alkanes of at least 4 members (excludes halogenated alkanes) is 3. The van der Waals surface area contributed by atoms with Crippen molar-refractivity contribution in [2.45, 2.75) is 39.0 Å². The summed E-state index contributed by atoms with van der Waals surface area (Å²) in [6.45, 7) is 2.20. The predicted octanol–water partition coefficient (Wildman–Crippen LogP) is 3.46. The third-order valence-electron chi connectivity index (χ3n) is 1.51. The molecule has 1 heteroatoms. The SMILES string of the molecule is CCCCCC=CCC=C[O]. The first-order valence-electron chi connectivity index (χ1n) is 4.33. The van der Waals surface area contributed by atoms with Gasteiger partial charge in [0.25, 0.3) is 0 Å². The molecule has 0 N–H and O–H groups in total. The van der Waals surface area contributed by atoms with E-state index in [0.29, 0.717) is 0 Å². The van der Waals surface area contributed by atoms with Crippen molar-refractivity contribution in [1.29, 1.82) is 0 Å². The van der Waals surface area contributed by atoms with Gasteiger partial charge in [0, 0.05) is 0 Å². The molecule has 0 fully saturated rings. The lowest BCUT2D eigenvalue weighted by atomic mass is 10.2. The second-order valence-corrected chi connectivity index (χ2v) is 2.57. The molecule has 0 aliphatic carbocycles. The maximum atomic E-state index is 9.85. The van der Waals surface area contributed by atoms with Crippen LogP contribution in [0.2, 0.25) is 0 Å². The molecule has 0 aromatic carbocycles. The van der Waals surface area contributed by atoms with Gasteiger partial charge in [-0.05, 0) is 25.3 Å². The molecule has 0 amide bonds. The molecule has 0 aromatic heterocycles. The van der Waals surface area contributed by atoms with E-state index in [1.807, 2.05) is 6.08 Å². The minimum atomic E-state index is 0.787. The monoisotopic (exact) mass is 153 g/mol. The summed E-state index contributed by atoms with van der Waals surface area (Å²) in [6.07, 6.45) is 12.5. The van der Waals surface area contributed by atoms with Crippen LogP contribution in [-0.2, 0) is 5.11 Å². The van der Waals surface area contributed by atoms with Gasteiger partial charge in [-0.15, -0.1) is 0 Å². The topological polar surface area (TPSA) is 19.9 Å². The van der Waals surface area contributed by atoms with Crippen LogP contribution in [0.3, 0.4) is 0 Å². The quantitative estimate of drug-likeness (QED) is 0.316. The summed E-state index contributed by atoms with van der Waals surface area (Å²) < 4.78 is 0. The lowest BCUT2D eigenvalue weighted by Gasteiger charge is -1.90. The second-order valence-electron chi connectivity index (χ2n) is 2.57. The van der Waals surface area contributed by atoms with E-state index in [4.69, 9.17) is 0 Å². The zero-order valence-electron chi connectivity index (χ0n) is 7.25. The number of rotatable bonds is 6. The van der Waals surface area contributed by atoms with Crippen LogP contribution in [0.4, 0.5) is 0 Å². The van der Waals surface area contributed by atoms with E-state index >= 15 is 0 Å². The first-order valence-corrected chi connectivity index (χ1v) is 4.33. The van der Waals surface area contributed by atoms with Crippen LogP contribution in [0.15, 0.2) is 24.5 Å². The third kappa shape index (κ3) is 9.28. The van der Waals surface area contributed by atoms with Crippen molar-refractivity contribution < 1.29 is 5.11 Å². The molecule has 1 radical (unpaired) electrons. The van der Waals surface area contributed by atoms with Crippen molar-refractivity contribution in [2.75, 3.05) is 0 Å². The molecule has 0 rings (SSSR count). The van der Waals surface area contributed by atoms with Gasteiger partial charge in [-0.25, -0.2) is 0 Å². The van der Waals surface area contributed by atoms with E-state index in [0.717, 1.165) is 19.1 Å². The van der Waals surface area contributed by atoms with Crippen LogP contribution in [0, 0.1) is 0 Å². The first-order chi connectivity index (χ1) is 5.41. The third-order valence-corrected chi connectivity index (χ3v) is 1.51. The molecule has 0 bridgehead atoms. The summed E-state index contributed by atoms with van der Waals surface area (Å²) in [7, 11) is 0. The van der Waals surface area contributed by atoms with Crippen LogP contribution < -0.4 is 0 Å². The van der Waals surface area contributed by atoms with Gasteiger partial charge in [-0.2, -0.15) is 0 Å². The van der Waals surface area contributed by atoms with Gasteiger partial charge >= 0.3 is 0 Å². The maximum absolute atomic E-state index is 9.85. The van der Waals surface area contributed by atoms with Crippen LogP contribution in [0.1, 0.15) is 39.0 Å². The van der Waals surface area contributed by atoms with Gasteiger partial charge in [0.05, 0.1) is 0 Å². The summed E-state index contributed by atoms with van der Waals surface area (Å²) in [5, 5.41) is 9.85. The Balaban J connectivity index is 3.03. The summed E-state index contributed by atoms with van der Waals surface area (Å²) in [5.74, 6) is 0. The fourth-order valence-corrected chi connectivity index (χ4v) is 0.860. The van der Waals surface area contributed by atoms with Gasteiger partial charge in [-0.3, -0.25) is 5.11 Å². The standard InChI is InChI=1S/C10H17O/c1-2-3-4-5-6-7-8-9-10-11/h6-7,9-10H,2-5,8H2,1H3. The summed E-state index contributed by atoms with van der Waals surface area (Å²) in [5.41, 5.74) is 0. The Morgan fingerprint density at radius 1 is 1.09 bits per heavy atom. The molecule has 0 saturated heterocycles. The van der Waals surface area contributed by atoms with Crippen LogP contribution >= 0.6 is 0 Å². The van der Waals surface area contributed by atoms with Gasteiger partial charge in [0.15, 0.2) is 0 Å².